The van der Waals surface area contributed by atoms with Gasteiger partial charge < -0.3 is 9.47 Å². The van der Waals surface area contributed by atoms with E-state index in [0.29, 0.717) is 6.04 Å². The van der Waals surface area contributed by atoms with Crippen LogP contribution in [0, 0.1) is 6.92 Å². The van der Waals surface area contributed by atoms with Crippen molar-refractivity contribution in [1.29, 1.82) is 0 Å². The Balaban J connectivity index is 2.08. The average molecular weight is 193 g/mol. The first-order valence-electron chi connectivity index (χ1n) is 5.45. The van der Waals surface area contributed by atoms with Crippen molar-refractivity contribution in [2.75, 3.05) is 20.1 Å². The van der Waals surface area contributed by atoms with Gasteiger partial charge in [-0.15, -0.1) is 0 Å². The van der Waals surface area contributed by atoms with Gasteiger partial charge in [-0.05, 0) is 46.3 Å². The van der Waals surface area contributed by atoms with Crippen LogP contribution in [0.25, 0.3) is 0 Å². The monoisotopic (exact) mass is 193 g/mol. The highest BCUT2D eigenvalue weighted by molar-refractivity contribution is 4.93. The van der Waals surface area contributed by atoms with E-state index in [-0.39, 0.29) is 0 Å². The van der Waals surface area contributed by atoms with Crippen molar-refractivity contribution < 1.29 is 0 Å². The quantitative estimate of drug-likeness (QED) is 0.678. The summed E-state index contributed by atoms with van der Waals surface area (Å²) in [6, 6.07) is 0.669. The van der Waals surface area contributed by atoms with E-state index in [0.717, 1.165) is 5.82 Å². The standard InChI is InChI=1S/C11H19N3/c1-10-12-6-9-14(10)11-4-3-7-13(2)8-5-11/h6,9,11H,3-5,7-8H2,1-2H3. The second kappa shape index (κ2) is 4.13. The molecule has 3 heteroatoms. The fourth-order valence-electron chi connectivity index (χ4n) is 2.27. The van der Waals surface area contributed by atoms with Gasteiger partial charge in [-0.1, -0.05) is 0 Å². The molecule has 1 aromatic heterocycles. The number of aromatic nitrogens is 2. The molecule has 0 radical (unpaired) electrons. The minimum Gasteiger partial charge on any atom is -0.332 e. The number of hydrogen-bond donors (Lipinski definition) is 0. The third-order valence-corrected chi connectivity index (χ3v) is 3.18. The van der Waals surface area contributed by atoms with Crippen LogP contribution in [-0.2, 0) is 0 Å². The van der Waals surface area contributed by atoms with Crippen molar-refractivity contribution >= 4 is 0 Å². The largest absolute Gasteiger partial charge is 0.332 e. The average Bonchev–Trinajstić information content (AvgIpc) is 2.46. The summed E-state index contributed by atoms with van der Waals surface area (Å²) in [6.45, 7) is 4.54. The Kier molecular flexibility index (Phi) is 2.87. The van der Waals surface area contributed by atoms with Gasteiger partial charge in [-0.3, -0.25) is 0 Å². The smallest absolute Gasteiger partial charge is 0.105 e. The van der Waals surface area contributed by atoms with Crippen LogP contribution in [0.15, 0.2) is 12.4 Å². The van der Waals surface area contributed by atoms with E-state index < -0.39 is 0 Å². The molecule has 0 aliphatic carbocycles. The maximum Gasteiger partial charge on any atom is 0.105 e. The summed E-state index contributed by atoms with van der Waals surface area (Å²) < 4.78 is 2.33. The highest BCUT2D eigenvalue weighted by Crippen LogP contribution is 2.22. The third kappa shape index (κ3) is 1.98. The second-order valence-corrected chi connectivity index (χ2v) is 4.27. The van der Waals surface area contributed by atoms with Crippen LogP contribution < -0.4 is 0 Å². The number of likely N-dealkylation sites (tertiary alicyclic amines) is 1. The lowest BCUT2D eigenvalue weighted by Gasteiger charge is -2.17. The molecule has 1 aromatic rings. The summed E-state index contributed by atoms with van der Waals surface area (Å²) in [5.74, 6) is 1.15. The van der Waals surface area contributed by atoms with Gasteiger partial charge in [0.25, 0.3) is 0 Å². The van der Waals surface area contributed by atoms with Gasteiger partial charge in [0.05, 0.1) is 0 Å². The molecule has 0 bridgehead atoms. The molecule has 0 N–H and O–H groups in total. The highest BCUT2D eigenvalue weighted by Gasteiger charge is 2.16. The molecule has 14 heavy (non-hydrogen) atoms. The molecule has 1 aliphatic heterocycles. The van der Waals surface area contributed by atoms with Crippen LogP contribution in [0.4, 0.5) is 0 Å². The number of hydrogen-bond acceptors (Lipinski definition) is 2. The van der Waals surface area contributed by atoms with Crippen molar-refractivity contribution in [3.05, 3.63) is 18.2 Å². The van der Waals surface area contributed by atoms with Crippen LogP contribution >= 0.6 is 0 Å². The Morgan fingerprint density at radius 3 is 2.93 bits per heavy atom. The molecule has 1 atom stereocenters. The zero-order valence-corrected chi connectivity index (χ0v) is 9.11. The van der Waals surface area contributed by atoms with Gasteiger partial charge >= 0.3 is 0 Å². The van der Waals surface area contributed by atoms with Crippen molar-refractivity contribution in [3.8, 4) is 0 Å². The van der Waals surface area contributed by atoms with E-state index in [1.54, 1.807) is 0 Å². The van der Waals surface area contributed by atoms with E-state index >= 15 is 0 Å². The van der Waals surface area contributed by atoms with Crippen molar-refractivity contribution in [1.82, 2.24) is 14.5 Å². The van der Waals surface area contributed by atoms with E-state index in [9.17, 15) is 0 Å². The maximum atomic E-state index is 4.29. The number of imidazole rings is 1. The first-order valence-corrected chi connectivity index (χ1v) is 5.45. The van der Waals surface area contributed by atoms with Crippen LogP contribution in [0.5, 0.6) is 0 Å². The highest BCUT2D eigenvalue weighted by atomic mass is 15.1. The third-order valence-electron chi connectivity index (χ3n) is 3.18. The molecular weight excluding hydrogens is 174 g/mol. The fourth-order valence-corrected chi connectivity index (χ4v) is 2.27. The van der Waals surface area contributed by atoms with E-state index in [1.165, 1.54) is 32.4 Å². The van der Waals surface area contributed by atoms with Crippen LogP contribution in [-0.4, -0.2) is 34.6 Å². The minimum atomic E-state index is 0.669. The summed E-state index contributed by atoms with van der Waals surface area (Å²) >= 11 is 0. The van der Waals surface area contributed by atoms with E-state index in [2.05, 4.69) is 34.6 Å². The molecule has 1 fully saturated rings. The predicted octanol–water partition coefficient (Wildman–Crippen LogP) is 1.85. The maximum absolute atomic E-state index is 4.29. The molecule has 1 unspecified atom stereocenters. The minimum absolute atomic E-state index is 0.669. The van der Waals surface area contributed by atoms with Gasteiger partial charge in [0.1, 0.15) is 5.82 Å². The van der Waals surface area contributed by atoms with Gasteiger partial charge in [0.2, 0.25) is 0 Å². The topological polar surface area (TPSA) is 21.1 Å². The number of rotatable bonds is 1. The number of nitrogens with zero attached hydrogens (tertiary/aromatic N) is 3. The molecule has 3 nitrogen and oxygen atoms in total. The lowest BCUT2D eigenvalue weighted by Crippen LogP contribution is -2.19. The second-order valence-electron chi connectivity index (χ2n) is 4.27. The zero-order valence-electron chi connectivity index (χ0n) is 9.11. The van der Waals surface area contributed by atoms with Gasteiger partial charge in [0.15, 0.2) is 0 Å². The first-order chi connectivity index (χ1) is 6.77. The Labute approximate surface area is 85.7 Å². The van der Waals surface area contributed by atoms with Crippen molar-refractivity contribution in [2.45, 2.75) is 32.2 Å². The summed E-state index contributed by atoms with van der Waals surface area (Å²) in [5.41, 5.74) is 0. The molecule has 2 rings (SSSR count). The van der Waals surface area contributed by atoms with Gasteiger partial charge in [-0.25, -0.2) is 4.98 Å². The molecule has 0 saturated carbocycles. The molecule has 1 aliphatic rings. The van der Waals surface area contributed by atoms with Crippen LogP contribution in [0.3, 0.4) is 0 Å². The lowest BCUT2D eigenvalue weighted by atomic mass is 10.1. The summed E-state index contributed by atoms with van der Waals surface area (Å²) in [5, 5.41) is 0. The normalized spacial score (nSPS) is 24.9. The van der Waals surface area contributed by atoms with Crippen molar-refractivity contribution in [3.63, 3.8) is 0 Å². The van der Waals surface area contributed by atoms with Gasteiger partial charge in [0, 0.05) is 18.4 Å². The van der Waals surface area contributed by atoms with Crippen LogP contribution in [0.2, 0.25) is 0 Å². The Morgan fingerprint density at radius 2 is 2.21 bits per heavy atom. The van der Waals surface area contributed by atoms with E-state index in [4.69, 9.17) is 0 Å². The lowest BCUT2D eigenvalue weighted by molar-refractivity contribution is 0.340. The SMILES string of the molecule is Cc1nccn1C1CCCN(C)CC1. The molecule has 0 amide bonds. The van der Waals surface area contributed by atoms with Crippen LogP contribution in [0.1, 0.15) is 31.1 Å². The van der Waals surface area contributed by atoms with E-state index in [1.807, 2.05) is 6.20 Å². The summed E-state index contributed by atoms with van der Waals surface area (Å²) in [7, 11) is 2.21. The fraction of sp³-hybridized carbons (Fsp3) is 0.727. The Bertz CT molecular complexity index is 292. The predicted molar refractivity (Wildman–Crippen MR) is 57.3 cm³/mol. The zero-order chi connectivity index (χ0) is 9.97. The molecule has 1 saturated heterocycles. The number of aryl methyl sites for hydroxylation is 1. The summed E-state index contributed by atoms with van der Waals surface area (Å²) in [6.07, 6.45) is 7.88. The molecular formula is C11H19N3. The van der Waals surface area contributed by atoms with Crippen molar-refractivity contribution in [2.24, 2.45) is 0 Å². The first kappa shape index (κ1) is 9.71. The molecule has 0 spiro atoms. The molecule has 78 valence electrons. The Hall–Kier alpha value is -0.830. The Morgan fingerprint density at radius 1 is 1.36 bits per heavy atom. The van der Waals surface area contributed by atoms with Gasteiger partial charge in [-0.2, -0.15) is 0 Å². The summed E-state index contributed by atoms with van der Waals surface area (Å²) in [4.78, 5) is 6.71. The molecule has 0 aromatic carbocycles. The molecule has 2 heterocycles.